The highest BCUT2D eigenvalue weighted by atomic mass is 16.5. The molecule has 0 unspecified atom stereocenters. The maximum Gasteiger partial charge on any atom is 0.313 e. The quantitative estimate of drug-likeness (QED) is 0.592. The smallest absolute Gasteiger partial charge is 0.313 e. The molecule has 1 aliphatic rings. The van der Waals surface area contributed by atoms with Gasteiger partial charge in [0.2, 0.25) is 5.91 Å². The third-order valence-electron chi connectivity index (χ3n) is 5.04. The van der Waals surface area contributed by atoms with E-state index >= 15 is 0 Å². The fraction of sp³-hybridized carbons (Fsp3) is 0.286. The molecule has 1 aliphatic heterocycles. The van der Waals surface area contributed by atoms with Gasteiger partial charge < -0.3 is 14.4 Å². The van der Waals surface area contributed by atoms with Crippen LogP contribution in [0.25, 0.3) is 10.9 Å². The first-order valence-corrected chi connectivity index (χ1v) is 9.42. The first-order chi connectivity index (χ1) is 14.5. The zero-order valence-corrected chi connectivity index (χ0v) is 16.6. The lowest BCUT2D eigenvalue weighted by molar-refractivity contribution is -0.152. The van der Waals surface area contributed by atoms with Crippen molar-refractivity contribution >= 4 is 28.5 Å². The summed E-state index contributed by atoms with van der Waals surface area (Å²) in [7, 11) is 1.53. The van der Waals surface area contributed by atoms with Crippen molar-refractivity contribution in [2.75, 3.05) is 18.6 Å². The molecule has 30 heavy (non-hydrogen) atoms. The van der Waals surface area contributed by atoms with E-state index in [0.29, 0.717) is 22.3 Å². The van der Waals surface area contributed by atoms with Gasteiger partial charge in [0.15, 0.2) is 6.73 Å². The third kappa shape index (κ3) is 3.61. The second kappa shape index (κ2) is 7.94. The number of methoxy groups -OCH3 is 1. The van der Waals surface area contributed by atoms with Crippen LogP contribution in [0.15, 0.2) is 47.3 Å². The van der Waals surface area contributed by atoms with Gasteiger partial charge in [-0.3, -0.25) is 14.4 Å². The number of carbonyl (C=O) groups excluding carboxylic acids is 2. The Morgan fingerprint density at radius 3 is 2.80 bits per heavy atom. The van der Waals surface area contributed by atoms with Crippen molar-refractivity contribution in [1.82, 2.24) is 15.0 Å². The number of fused-ring (bicyclic) bond motifs is 1. The number of aryl methyl sites for hydroxylation is 1. The second-order valence-corrected chi connectivity index (χ2v) is 7.08. The molecular weight excluding hydrogens is 388 g/mol. The van der Waals surface area contributed by atoms with Crippen LogP contribution in [0.4, 0.5) is 5.69 Å². The first kappa shape index (κ1) is 19.6. The lowest BCUT2D eigenvalue weighted by Crippen LogP contribution is -2.29. The Hall–Kier alpha value is -3.75. The van der Waals surface area contributed by atoms with Crippen LogP contribution in [0.3, 0.4) is 0 Å². The molecule has 0 radical (unpaired) electrons. The second-order valence-electron chi connectivity index (χ2n) is 7.08. The number of carbonyl (C=O) groups is 2. The average molecular weight is 408 g/mol. The number of amides is 1. The summed E-state index contributed by atoms with van der Waals surface area (Å²) in [4.78, 5) is 39.0. The Morgan fingerprint density at radius 2 is 2.00 bits per heavy atom. The average Bonchev–Trinajstić information content (AvgIpc) is 3.15. The number of rotatable bonds is 5. The molecule has 0 N–H and O–H groups in total. The molecule has 9 heteroatoms. The van der Waals surface area contributed by atoms with Gasteiger partial charge in [0, 0.05) is 13.0 Å². The molecule has 4 rings (SSSR count). The van der Waals surface area contributed by atoms with Crippen molar-refractivity contribution in [1.29, 1.82) is 0 Å². The molecule has 0 saturated carbocycles. The van der Waals surface area contributed by atoms with Gasteiger partial charge >= 0.3 is 5.97 Å². The molecule has 1 amide bonds. The van der Waals surface area contributed by atoms with Crippen LogP contribution < -0.4 is 15.2 Å². The van der Waals surface area contributed by atoms with E-state index in [9.17, 15) is 14.4 Å². The Balaban J connectivity index is 1.47. The Kier molecular flexibility index (Phi) is 5.18. The molecular formula is C21H20N4O5. The summed E-state index contributed by atoms with van der Waals surface area (Å²) in [5.74, 6) is -0.851. The zero-order chi connectivity index (χ0) is 21.3. The Labute approximate surface area is 171 Å². The normalized spacial score (nSPS) is 16.1. The minimum absolute atomic E-state index is 0.0221. The van der Waals surface area contributed by atoms with E-state index in [0.717, 1.165) is 10.2 Å². The fourth-order valence-electron chi connectivity index (χ4n) is 3.46. The zero-order valence-electron chi connectivity index (χ0n) is 16.6. The van der Waals surface area contributed by atoms with Crippen LogP contribution in [0.2, 0.25) is 0 Å². The highest BCUT2D eigenvalue weighted by Gasteiger charge is 2.37. The number of nitrogens with zero attached hydrogens (tertiary/aromatic N) is 4. The highest BCUT2D eigenvalue weighted by Crippen LogP contribution is 2.34. The highest BCUT2D eigenvalue weighted by molar-refractivity contribution is 6.00. The van der Waals surface area contributed by atoms with Gasteiger partial charge in [0.25, 0.3) is 5.56 Å². The molecule has 0 bridgehead atoms. The van der Waals surface area contributed by atoms with Gasteiger partial charge in [-0.25, -0.2) is 0 Å². The number of ether oxygens (including phenoxy) is 2. The van der Waals surface area contributed by atoms with Gasteiger partial charge in [-0.05, 0) is 36.8 Å². The van der Waals surface area contributed by atoms with E-state index in [4.69, 9.17) is 9.47 Å². The maximum atomic E-state index is 12.5. The van der Waals surface area contributed by atoms with Gasteiger partial charge in [0.1, 0.15) is 11.3 Å². The van der Waals surface area contributed by atoms with Crippen molar-refractivity contribution in [3.05, 3.63) is 58.4 Å². The number of aromatic nitrogens is 3. The van der Waals surface area contributed by atoms with E-state index in [1.165, 1.54) is 12.0 Å². The topological polar surface area (TPSA) is 104 Å². The lowest BCUT2D eigenvalue weighted by atomic mass is 10.1. The minimum atomic E-state index is -0.646. The molecule has 3 aromatic rings. The fourth-order valence-corrected chi connectivity index (χ4v) is 3.46. The lowest BCUT2D eigenvalue weighted by Gasteiger charge is -2.20. The van der Waals surface area contributed by atoms with Crippen molar-refractivity contribution in [3.63, 3.8) is 0 Å². The van der Waals surface area contributed by atoms with Gasteiger partial charge in [-0.15, -0.1) is 5.10 Å². The molecule has 1 atom stereocenters. The van der Waals surface area contributed by atoms with E-state index in [2.05, 4.69) is 10.3 Å². The molecule has 9 nitrogen and oxygen atoms in total. The summed E-state index contributed by atoms with van der Waals surface area (Å²) >= 11 is 0. The summed E-state index contributed by atoms with van der Waals surface area (Å²) in [5, 5.41) is 8.14. The third-order valence-corrected chi connectivity index (χ3v) is 5.04. The maximum absolute atomic E-state index is 12.5. The molecule has 2 aromatic carbocycles. The summed E-state index contributed by atoms with van der Waals surface area (Å²) in [5.41, 5.74) is 1.66. The summed E-state index contributed by atoms with van der Waals surface area (Å²) in [6.07, 6.45) is 0.0221. The van der Waals surface area contributed by atoms with E-state index < -0.39 is 17.4 Å². The molecule has 1 aromatic heterocycles. The largest absolute Gasteiger partial charge is 0.495 e. The molecule has 0 spiro atoms. The van der Waals surface area contributed by atoms with Crippen LogP contribution >= 0.6 is 0 Å². The number of hydrogen-bond acceptors (Lipinski definition) is 7. The molecule has 1 saturated heterocycles. The van der Waals surface area contributed by atoms with Crippen LogP contribution in [0.5, 0.6) is 5.75 Å². The standard InChI is InChI=1S/C21H20N4O5/c1-13-7-8-18(29-2)17(9-13)24-11-14(10-19(24)26)21(28)30-12-25-20(27)15-5-3-4-6-16(15)22-23-25/h3-9,14H,10-12H2,1-2H3/t14-/m1/s1. The van der Waals surface area contributed by atoms with Crippen LogP contribution in [-0.2, 0) is 21.1 Å². The molecule has 1 fully saturated rings. The van der Waals surface area contributed by atoms with Crippen molar-refractivity contribution < 1.29 is 19.1 Å². The molecule has 0 aliphatic carbocycles. The van der Waals surface area contributed by atoms with E-state index in [1.807, 2.05) is 19.1 Å². The summed E-state index contributed by atoms with van der Waals surface area (Å²) in [6, 6.07) is 12.3. The van der Waals surface area contributed by atoms with E-state index in [-0.39, 0.29) is 25.6 Å². The monoisotopic (exact) mass is 408 g/mol. The van der Waals surface area contributed by atoms with Gasteiger partial charge in [0.05, 0.1) is 24.1 Å². The van der Waals surface area contributed by atoms with Gasteiger partial charge in [-0.1, -0.05) is 23.4 Å². The van der Waals surface area contributed by atoms with Crippen molar-refractivity contribution in [2.45, 2.75) is 20.1 Å². The van der Waals surface area contributed by atoms with Crippen LogP contribution in [0.1, 0.15) is 12.0 Å². The summed E-state index contributed by atoms with van der Waals surface area (Å²) in [6.45, 7) is 1.72. The minimum Gasteiger partial charge on any atom is -0.495 e. The number of anilines is 1. The van der Waals surface area contributed by atoms with Crippen molar-refractivity contribution in [2.24, 2.45) is 5.92 Å². The Bertz CT molecular complexity index is 1190. The molecule has 154 valence electrons. The predicted octanol–water partition coefficient (Wildman–Crippen LogP) is 1.66. The number of benzene rings is 2. The SMILES string of the molecule is COc1ccc(C)cc1N1C[C@H](C(=O)OCn2nnc3ccccc3c2=O)CC1=O. The summed E-state index contributed by atoms with van der Waals surface area (Å²) < 4.78 is 11.6. The number of esters is 1. The predicted molar refractivity (Wildman–Crippen MR) is 108 cm³/mol. The molecule has 2 heterocycles. The van der Waals surface area contributed by atoms with Crippen molar-refractivity contribution in [3.8, 4) is 5.75 Å². The van der Waals surface area contributed by atoms with Crippen LogP contribution in [0, 0.1) is 12.8 Å². The first-order valence-electron chi connectivity index (χ1n) is 9.42. The van der Waals surface area contributed by atoms with Gasteiger partial charge in [-0.2, -0.15) is 4.68 Å². The van der Waals surface area contributed by atoms with Crippen LogP contribution in [-0.4, -0.2) is 40.5 Å². The van der Waals surface area contributed by atoms with E-state index in [1.54, 1.807) is 30.3 Å². The number of hydrogen-bond donors (Lipinski definition) is 0. The Morgan fingerprint density at radius 1 is 1.20 bits per heavy atom.